The Balaban J connectivity index is 1.94. The summed E-state index contributed by atoms with van der Waals surface area (Å²) in [5, 5.41) is 4.44. The number of aryl methyl sites for hydroxylation is 3. The predicted molar refractivity (Wildman–Crippen MR) is 89.0 cm³/mol. The smallest absolute Gasteiger partial charge is 0.213 e. The van der Waals surface area contributed by atoms with Gasteiger partial charge in [0.15, 0.2) is 5.82 Å². The highest BCUT2D eigenvalue weighted by Gasteiger charge is 2.28. The van der Waals surface area contributed by atoms with Crippen LogP contribution in [0.15, 0.2) is 0 Å². The van der Waals surface area contributed by atoms with Crippen LogP contribution in [0.3, 0.4) is 0 Å². The molecule has 1 saturated heterocycles. The SMILES string of the molecule is CCS(=O)(=O)N1CCN(c2nc(C)nc3c(C)nn(C)c23)CC1. The second-order valence-corrected chi connectivity index (χ2v) is 8.04. The Morgan fingerprint density at radius 1 is 1.09 bits per heavy atom. The van der Waals surface area contributed by atoms with Crippen molar-refractivity contribution >= 4 is 26.9 Å². The molecule has 1 aliphatic heterocycles. The van der Waals surface area contributed by atoms with Gasteiger partial charge in [-0.15, -0.1) is 0 Å². The van der Waals surface area contributed by atoms with E-state index >= 15 is 0 Å². The van der Waals surface area contributed by atoms with Gasteiger partial charge in [0, 0.05) is 33.2 Å². The summed E-state index contributed by atoms with van der Waals surface area (Å²) in [6.45, 7) is 7.69. The highest BCUT2D eigenvalue weighted by molar-refractivity contribution is 7.89. The van der Waals surface area contributed by atoms with E-state index in [0.717, 1.165) is 22.5 Å². The summed E-state index contributed by atoms with van der Waals surface area (Å²) in [5.41, 5.74) is 2.64. The van der Waals surface area contributed by atoms with E-state index in [9.17, 15) is 8.42 Å². The standard InChI is InChI=1S/C14H22N6O2S/c1-5-23(21,22)20-8-6-19(7-9-20)14-13-12(15-11(3)16-14)10(2)17-18(13)4/h5-9H2,1-4H3. The fourth-order valence-corrected chi connectivity index (χ4v) is 4.09. The molecule has 0 aromatic carbocycles. The molecule has 0 saturated carbocycles. The van der Waals surface area contributed by atoms with Crippen molar-refractivity contribution in [1.29, 1.82) is 0 Å². The lowest BCUT2D eigenvalue weighted by molar-refractivity contribution is 0.384. The van der Waals surface area contributed by atoms with Gasteiger partial charge < -0.3 is 4.90 Å². The van der Waals surface area contributed by atoms with E-state index in [1.165, 1.54) is 0 Å². The molecule has 1 fully saturated rings. The van der Waals surface area contributed by atoms with Crippen LogP contribution in [-0.2, 0) is 17.1 Å². The monoisotopic (exact) mass is 338 g/mol. The number of aromatic nitrogens is 4. The minimum Gasteiger partial charge on any atom is -0.352 e. The molecule has 0 bridgehead atoms. The number of sulfonamides is 1. The maximum Gasteiger partial charge on any atom is 0.213 e. The lowest BCUT2D eigenvalue weighted by Gasteiger charge is -2.34. The molecular formula is C14H22N6O2S. The van der Waals surface area contributed by atoms with Gasteiger partial charge in [0.1, 0.15) is 16.9 Å². The zero-order valence-electron chi connectivity index (χ0n) is 13.9. The number of rotatable bonds is 3. The Bertz CT molecular complexity index is 837. The number of nitrogens with zero attached hydrogens (tertiary/aromatic N) is 6. The van der Waals surface area contributed by atoms with Crippen molar-refractivity contribution in [2.75, 3.05) is 36.8 Å². The lowest BCUT2D eigenvalue weighted by atomic mass is 10.3. The fourth-order valence-electron chi connectivity index (χ4n) is 3.01. The first-order valence-corrected chi connectivity index (χ1v) is 9.35. The molecule has 0 radical (unpaired) electrons. The molecule has 8 nitrogen and oxygen atoms in total. The summed E-state index contributed by atoms with van der Waals surface area (Å²) in [4.78, 5) is 11.2. The summed E-state index contributed by atoms with van der Waals surface area (Å²) in [6, 6.07) is 0. The van der Waals surface area contributed by atoms with Crippen molar-refractivity contribution in [3.05, 3.63) is 11.5 Å². The molecule has 23 heavy (non-hydrogen) atoms. The third-order valence-corrected chi connectivity index (χ3v) is 6.12. The largest absolute Gasteiger partial charge is 0.352 e. The summed E-state index contributed by atoms with van der Waals surface area (Å²) in [7, 11) is -1.24. The average molecular weight is 338 g/mol. The highest BCUT2D eigenvalue weighted by Crippen LogP contribution is 2.26. The van der Waals surface area contributed by atoms with Gasteiger partial charge in [0.2, 0.25) is 10.0 Å². The Kier molecular flexibility index (Phi) is 4.01. The molecule has 126 valence electrons. The van der Waals surface area contributed by atoms with Crippen LogP contribution >= 0.6 is 0 Å². The lowest BCUT2D eigenvalue weighted by Crippen LogP contribution is -2.49. The van der Waals surface area contributed by atoms with Crippen molar-refractivity contribution in [2.24, 2.45) is 7.05 Å². The molecule has 2 aromatic heterocycles. The minimum absolute atomic E-state index is 0.144. The molecule has 1 aliphatic rings. The van der Waals surface area contributed by atoms with Crippen LogP contribution in [0.4, 0.5) is 5.82 Å². The third kappa shape index (κ3) is 2.78. The summed E-state index contributed by atoms with van der Waals surface area (Å²) < 4.78 is 27.3. The maximum atomic E-state index is 12.0. The predicted octanol–water partition coefficient (Wildman–Crippen LogP) is 0.452. The normalized spacial score (nSPS) is 17.1. The molecule has 9 heteroatoms. The van der Waals surface area contributed by atoms with Gasteiger partial charge in [0.05, 0.1) is 11.4 Å². The highest BCUT2D eigenvalue weighted by atomic mass is 32.2. The molecule has 0 atom stereocenters. The molecule has 0 unspecified atom stereocenters. The van der Waals surface area contributed by atoms with Crippen molar-refractivity contribution in [1.82, 2.24) is 24.1 Å². The molecule has 0 amide bonds. The maximum absolute atomic E-state index is 12.0. The van der Waals surface area contributed by atoms with Crippen LogP contribution in [0, 0.1) is 13.8 Å². The average Bonchev–Trinajstić information content (AvgIpc) is 2.81. The van der Waals surface area contributed by atoms with Crippen molar-refractivity contribution < 1.29 is 8.42 Å². The van der Waals surface area contributed by atoms with Crippen LogP contribution in [0.2, 0.25) is 0 Å². The molecule has 0 spiro atoms. The summed E-state index contributed by atoms with van der Waals surface area (Å²) in [5.74, 6) is 1.68. The van der Waals surface area contributed by atoms with E-state index in [4.69, 9.17) is 0 Å². The third-order valence-electron chi connectivity index (χ3n) is 4.24. The number of hydrogen-bond donors (Lipinski definition) is 0. The Morgan fingerprint density at radius 2 is 1.74 bits per heavy atom. The number of fused-ring (bicyclic) bond motifs is 1. The Morgan fingerprint density at radius 3 is 2.35 bits per heavy atom. The zero-order chi connectivity index (χ0) is 16.8. The number of hydrogen-bond acceptors (Lipinski definition) is 6. The van der Waals surface area contributed by atoms with Crippen molar-refractivity contribution in [2.45, 2.75) is 20.8 Å². The second kappa shape index (κ2) is 5.72. The first-order chi connectivity index (χ1) is 10.8. The minimum atomic E-state index is -3.13. The van der Waals surface area contributed by atoms with Gasteiger partial charge in [-0.05, 0) is 20.8 Å². The fraction of sp³-hybridized carbons (Fsp3) is 0.643. The first kappa shape index (κ1) is 16.1. The summed E-state index contributed by atoms with van der Waals surface area (Å²) >= 11 is 0. The van der Waals surface area contributed by atoms with E-state index < -0.39 is 10.0 Å². The number of piperazine rings is 1. The van der Waals surface area contributed by atoms with E-state index in [2.05, 4.69) is 20.0 Å². The van der Waals surface area contributed by atoms with Crippen LogP contribution in [-0.4, -0.2) is 64.4 Å². The first-order valence-electron chi connectivity index (χ1n) is 7.74. The molecule has 3 heterocycles. The molecular weight excluding hydrogens is 316 g/mol. The van der Waals surface area contributed by atoms with Crippen molar-refractivity contribution in [3.63, 3.8) is 0 Å². The zero-order valence-corrected chi connectivity index (χ0v) is 14.8. The van der Waals surface area contributed by atoms with Crippen LogP contribution < -0.4 is 4.90 Å². The van der Waals surface area contributed by atoms with E-state index in [-0.39, 0.29) is 5.75 Å². The molecule has 3 rings (SSSR count). The second-order valence-electron chi connectivity index (χ2n) is 5.79. The Hall–Kier alpha value is -1.74. The summed E-state index contributed by atoms with van der Waals surface area (Å²) in [6.07, 6.45) is 0. The van der Waals surface area contributed by atoms with Crippen LogP contribution in [0.5, 0.6) is 0 Å². The quantitative estimate of drug-likeness (QED) is 0.808. The number of anilines is 1. The van der Waals surface area contributed by atoms with E-state index in [1.54, 1.807) is 15.9 Å². The van der Waals surface area contributed by atoms with Gasteiger partial charge in [-0.1, -0.05) is 0 Å². The molecule has 0 aliphatic carbocycles. The van der Waals surface area contributed by atoms with Gasteiger partial charge >= 0.3 is 0 Å². The van der Waals surface area contributed by atoms with Gasteiger partial charge in [-0.25, -0.2) is 18.4 Å². The topological polar surface area (TPSA) is 84.2 Å². The van der Waals surface area contributed by atoms with Gasteiger partial charge in [-0.3, -0.25) is 4.68 Å². The molecule has 2 aromatic rings. The van der Waals surface area contributed by atoms with Crippen LogP contribution in [0.1, 0.15) is 18.4 Å². The molecule has 0 N–H and O–H groups in total. The Labute approximate surface area is 136 Å². The van der Waals surface area contributed by atoms with Crippen molar-refractivity contribution in [3.8, 4) is 0 Å². The van der Waals surface area contributed by atoms with Crippen LogP contribution in [0.25, 0.3) is 11.0 Å². The van der Waals surface area contributed by atoms with E-state index in [0.29, 0.717) is 32.0 Å². The van der Waals surface area contributed by atoms with E-state index in [1.807, 2.05) is 20.9 Å². The van der Waals surface area contributed by atoms with Gasteiger partial charge in [0.25, 0.3) is 0 Å². The van der Waals surface area contributed by atoms with Gasteiger partial charge in [-0.2, -0.15) is 9.40 Å².